The van der Waals surface area contributed by atoms with Crippen LogP contribution in [0, 0.1) is 0 Å². The molecule has 0 spiro atoms. The molecule has 1 N–H and O–H groups in total. The van der Waals surface area contributed by atoms with E-state index in [4.69, 9.17) is 14.2 Å². The Hall–Kier alpha value is -3.22. The number of alkyl carbamates (subject to hydrolysis) is 1. The van der Waals surface area contributed by atoms with Crippen LogP contribution < -0.4 is 10.1 Å². The molecular formula is C26H34N2O5. The summed E-state index contributed by atoms with van der Waals surface area (Å²) in [7, 11) is 0. The Balaban J connectivity index is 1.72. The molecule has 0 atom stereocenters. The van der Waals surface area contributed by atoms with E-state index in [1.54, 1.807) is 4.90 Å². The summed E-state index contributed by atoms with van der Waals surface area (Å²) in [5.74, 6) is 0.721. The summed E-state index contributed by atoms with van der Waals surface area (Å²) in [4.78, 5) is 26.6. The first-order valence-electron chi connectivity index (χ1n) is 11.1. The lowest BCUT2D eigenvalue weighted by Crippen LogP contribution is -2.69. The maximum absolute atomic E-state index is 12.6. The van der Waals surface area contributed by atoms with Gasteiger partial charge in [0.05, 0.1) is 13.1 Å². The fourth-order valence-electron chi connectivity index (χ4n) is 3.50. The van der Waals surface area contributed by atoms with Gasteiger partial charge < -0.3 is 24.4 Å². The van der Waals surface area contributed by atoms with Gasteiger partial charge in [0.2, 0.25) is 0 Å². The second-order valence-electron chi connectivity index (χ2n) is 10.3. The molecule has 33 heavy (non-hydrogen) atoms. The lowest BCUT2D eigenvalue weighted by Gasteiger charge is -2.50. The molecule has 1 aliphatic heterocycles. The molecule has 0 bridgehead atoms. The number of carbonyl (C=O) groups excluding carboxylic acids is 2. The van der Waals surface area contributed by atoms with Crippen LogP contribution in [0.4, 0.5) is 9.59 Å². The van der Waals surface area contributed by atoms with Gasteiger partial charge >= 0.3 is 12.2 Å². The molecule has 1 aliphatic rings. The molecule has 2 aromatic carbocycles. The van der Waals surface area contributed by atoms with Crippen LogP contribution in [-0.2, 0) is 21.6 Å². The molecular weight excluding hydrogens is 420 g/mol. The maximum Gasteiger partial charge on any atom is 0.410 e. The van der Waals surface area contributed by atoms with Crippen molar-refractivity contribution in [3.05, 3.63) is 65.7 Å². The Morgan fingerprint density at radius 3 is 2.00 bits per heavy atom. The second kappa shape index (κ2) is 9.33. The molecule has 1 fully saturated rings. The van der Waals surface area contributed by atoms with Gasteiger partial charge in [-0.1, -0.05) is 42.5 Å². The fourth-order valence-corrected chi connectivity index (χ4v) is 3.50. The Kier molecular flexibility index (Phi) is 6.91. The number of benzene rings is 2. The zero-order chi connectivity index (χ0) is 24.3. The standard InChI is InChI=1S/C26H34N2O5/c1-24(2,3)32-22(29)27-26(17-28(18-26)23(30)33-25(4,5)6)20-12-14-21(15-13-20)31-16-19-10-8-7-9-11-19/h7-15H,16-18H2,1-6H3,(H,27,29). The first-order valence-corrected chi connectivity index (χ1v) is 11.1. The molecule has 2 aromatic rings. The van der Waals surface area contributed by atoms with E-state index >= 15 is 0 Å². The van der Waals surface area contributed by atoms with Crippen molar-refractivity contribution in [2.75, 3.05) is 13.1 Å². The third-order valence-electron chi connectivity index (χ3n) is 4.97. The highest BCUT2D eigenvalue weighted by Gasteiger charge is 2.49. The second-order valence-corrected chi connectivity index (χ2v) is 10.3. The normalized spacial score (nSPS) is 15.3. The quantitative estimate of drug-likeness (QED) is 0.669. The maximum atomic E-state index is 12.6. The molecule has 0 unspecified atom stereocenters. The third-order valence-corrected chi connectivity index (χ3v) is 4.97. The summed E-state index contributed by atoms with van der Waals surface area (Å²) in [6.07, 6.45) is -0.942. The van der Waals surface area contributed by atoms with E-state index in [1.807, 2.05) is 96.1 Å². The minimum atomic E-state index is -0.767. The number of likely N-dealkylation sites (tertiary alicyclic amines) is 1. The van der Waals surface area contributed by atoms with Crippen LogP contribution in [-0.4, -0.2) is 41.4 Å². The minimum Gasteiger partial charge on any atom is -0.489 e. The molecule has 7 heteroatoms. The van der Waals surface area contributed by atoms with Gasteiger partial charge in [-0.3, -0.25) is 0 Å². The average Bonchev–Trinajstić information content (AvgIpc) is 2.67. The highest BCUT2D eigenvalue weighted by molar-refractivity contribution is 5.73. The van der Waals surface area contributed by atoms with Gasteiger partial charge in [0, 0.05) is 0 Å². The average molecular weight is 455 g/mol. The Morgan fingerprint density at radius 2 is 1.45 bits per heavy atom. The lowest BCUT2D eigenvalue weighted by atomic mass is 9.82. The van der Waals surface area contributed by atoms with Crippen LogP contribution in [0.15, 0.2) is 54.6 Å². The molecule has 0 saturated carbocycles. The van der Waals surface area contributed by atoms with Crippen molar-refractivity contribution in [2.45, 2.75) is 64.9 Å². The van der Waals surface area contributed by atoms with Crippen molar-refractivity contribution in [3.8, 4) is 5.75 Å². The van der Waals surface area contributed by atoms with Gasteiger partial charge in [0.25, 0.3) is 0 Å². The summed E-state index contributed by atoms with van der Waals surface area (Å²) in [6.45, 7) is 11.9. The molecule has 3 rings (SSSR count). The summed E-state index contributed by atoms with van der Waals surface area (Å²) in [6, 6.07) is 17.5. The molecule has 1 heterocycles. The Morgan fingerprint density at radius 1 is 0.879 bits per heavy atom. The largest absolute Gasteiger partial charge is 0.489 e. The summed E-state index contributed by atoms with van der Waals surface area (Å²) in [5, 5.41) is 2.98. The Bertz CT molecular complexity index is 953. The van der Waals surface area contributed by atoms with Crippen molar-refractivity contribution in [3.63, 3.8) is 0 Å². The van der Waals surface area contributed by atoms with E-state index < -0.39 is 28.9 Å². The van der Waals surface area contributed by atoms with E-state index in [2.05, 4.69) is 5.32 Å². The number of nitrogens with one attached hydrogen (secondary N) is 1. The lowest BCUT2D eigenvalue weighted by molar-refractivity contribution is -0.0230. The summed E-state index contributed by atoms with van der Waals surface area (Å²) < 4.78 is 16.8. The number of carbonyl (C=O) groups is 2. The van der Waals surface area contributed by atoms with Gasteiger partial charge in [-0.2, -0.15) is 0 Å². The Labute approximate surface area is 196 Å². The third kappa shape index (κ3) is 6.88. The number of nitrogens with zero attached hydrogens (tertiary/aromatic N) is 1. The highest BCUT2D eigenvalue weighted by atomic mass is 16.6. The zero-order valence-electron chi connectivity index (χ0n) is 20.3. The van der Waals surface area contributed by atoms with Crippen LogP contribution in [0.1, 0.15) is 52.7 Å². The van der Waals surface area contributed by atoms with E-state index in [9.17, 15) is 9.59 Å². The van der Waals surface area contributed by atoms with Gasteiger partial charge in [-0.25, -0.2) is 9.59 Å². The van der Waals surface area contributed by atoms with E-state index in [1.165, 1.54) is 0 Å². The fraction of sp³-hybridized carbons (Fsp3) is 0.462. The van der Waals surface area contributed by atoms with Crippen molar-refractivity contribution in [2.24, 2.45) is 0 Å². The van der Waals surface area contributed by atoms with Crippen LogP contribution in [0.25, 0.3) is 0 Å². The molecule has 2 amide bonds. The number of amides is 2. The monoisotopic (exact) mass is 454 g/mol. The molecule has 0 aliphatic carbocycles. The van der Waals surface area contributed by atoms with Crippen molar-refractivity contribution in [1.82, 2.24) is 10.2 Å². The summed E-state index contributed by atoms with van der Waals surface area (Å²) in [5.41, 5.74) is -0.0467. The first-order chi connectivity index (χ1) is 15.4. The minimum absolute atomic E-state index is 0.283. The van der Waals surface area contributed by atoms with E-state index in [-0.39, 0.29) is 13.1 Å². The SMILES string of the molecule is CC(C)(C)OC(=O)NC1(c2ccc(OCc3ccccc3)cc2)CN(C(=O)OC(C)(C)C)C1. The van der Waals surface area contributed by atoms with Gasteiger partial charge in [0.1, 0.15) is 29.1 Å². The van der Waals surface area contributed by atoms with Gasteiger partial charge in [0.15, 0.2) is 0 Å². The zero-order valence-corrected chi connectivity index (χ0v) is 20.3. The number of rotatable bonds is 5. The number of hydrogen-bond donors (Lipinski definition) is 1. The number of hydrogen-bond acceptors (Lipinski definition) is 5. The van der Waals surface area contributed by atoms with Crippen LogP contribution in [0.2, 0.25) is 0 Å². The van der Waals surface area contributed by atoms with Gasteiger partial charge in [-0.15, -0.1) is 0 Å². The first kappa shape index (κ1) is 24.4. The topological polar surface area (TPSA) is 77.1 Å². The molecule has 0 radical (unpaired) electrons. The van der Waals surface area contributed by atoms with Crippen LogP contribution in [0.3, 0.4) is 0 Å². The van der Waals surface area contributed by atoms with Crippen molar-refractivity contribution < 1.29 is 23.8 Å². The van der Waals surface area contributed by atoms with Crippen molar-refractivity contribution in [1.29, 1.82) is 0 Å². The smallest absolute Gasteiger partial charge is 0.410 e. The van der Waals surface area contributed by atoms with E-state index in [0.29, 0.717) is 6.61 Å². The predicted molar refractivity (Wildman–Crippen MR) is 126 cm³/mol. The summed E-state index contributed by atoms with van der Waals surface area (Å²) >= 11 is 0. The number of ether oxygens (including phenoxy) is 3. The molecule has 1 saturated heterocycles. The van der Waals surface area contributed by atoms with Crippen LogP contribution >= 0.6 is 0 Å². The van der Waals surface area contributed by atoms with Crippen LogP contribution in [0.5, 0.6) is 5.75 Å². The predicted octanol–water partition coefficient (Wildman–Crippen LogP) is 5.24. The highest BCUT2D eigenvalue weighted by Crippen LogP contribution is 2.34. The van der Waals surface area contributed by atoms with Gasteiger partial charge in [-0.05, 0) is 64.8 Å². The van der Waals surface area contributed by atoms with E-state index in [0.717, 1.165) is 16.9 Å². The van der Waals surface area contributed by atoms with Crippen molar-refractivity contribution >= 4 is 12.2 Å². The molecule has 178 valence electrons. The molecule has 7 nitrogen and oxygen atoms in total. The molecule has 0 aromatic heterocycles.